The minimum atomic E-state index is -0.299. The van der Waals surface area contributed by atoms with Crippen molar-refractivity contribution >= 4 is 17.5 Å². The normalized spacial score (nSPS) is 23.6. The number of carbonyl (C=O) groups is 1. The third-order valence-electron chi connectivity index (χ3n) is 4.44. The number of amides is 1. The lowest BCUT2D eigenvalue weighted by Gasteiger charge is -2.35. The zero-order chi connectivity index (χ0) is 16.1. The van der Waals surface area contributed by atoms with Crippen LogP contribution in [-0.4, -0.2) is 56.4 Å². The van der Waals surface area contributed by atoms with Crippen molar-refractivity contribution in [2.75, 3.05) is 39.5 Å². The molecule has 0 saturated carbocycles. The van der Waals surface area contributed by atoms with Gasteiger partial charge in [-0.25, -0.2) is 0 Å². The van der Waals surface area contributed by atoms with Gasteiger partial charge in [0.15, 0.2) is 0 Å². The molecule has 1 aromatic rings. The maximum Gasteiger partial charge on any atom is 0.249 e. The molecule has 6 heteroatoms. The number of morpholine rings is 1. The molecule has 2 aliphatic rings. The van der Waals surface area contributed by atoms with Crippen LogP contribution in [0, 0.1) is 0 Å². The van der Waals surface area contributed by atoms with Crippen molar-refractivity contribution in [3.05, 3.63) is 34.9 Å². The van der Waals surface area contributed by atoms with Crippen LogP contribution in [0.4, 0.5) is 0 Å². The second kappa shape index (κ2) is 8.11. The molecule has 1 amide bonds. The number of rotatable bonds is 5. The summed E-state index contributed by atoms with van der Waals surface area (Å²) in [6, 6.07) is 7.88. The molecule has 23 heavy (non-hydrogen) atoms. The van der Waals surface area contributed by atoms with Gasteiger partial charge in [-0.15, -0.1) is 0 Å². The van der Waals surface area contributed by atoms with Gasteiger partial charge < -0.3 is 14.8 Å². The zero-order valence-electron chi connectivity index (χ0n) is 13.2. The Bertz CT molecular complexity index is 528. The smallest absolute Gasteiger partial charge is 0.249 e. The molecule has 2 aliphatic heterocycles. The summed E-state index contributed by atoms with van der Waals surface area (Å²) in [6.45, 7) is 4.30. The summed E-state index contributed by atoms with van der Waals surface area (Å²) in [5, 5.41) is 3.77. The highest BCUT2D eigenvalue weighted by atomic mass is 35.5. The number of halogens is 1. The topological polar surface area (TPSA) is 50.8 Å². The van der Waals surface area contributed by atoms with Crippen LogP contribution in [0.15, 0.2) is 24.3 Å². The highest BCUT2D eigenvalue weighted by Gasteiger charge is 2.27. The molecule has 1 aromatic carbocycles. The van der Waals surface area contributed by atoms with Crippen molar-refractivity contribution in [3.8, 4) is 0 Å². The van der Waals surface area contributed by atoms with E-state index in [1.807, 2.05) is 24.3 Å². The fourth-order valence-corrected chi connectivity index (χ4v) is 3.43. The minimum Gasteiger partial charge on any atom is -0.379 e. The first-order valence-electron chi connectivity index (χ1n) is 8.21. The molecule has 0 spiro atoms. The van der Waals surface area contributed by atoms with Gasteiger partial charge in [-0.3, -0.25) is 9.69 Å². The van der Waals surface area contributed by atoms with Crippen molar-refractivity contribution in [2.24, 2.45) is 0 Å². The first-order chi connectivity index (χ1) is 11.3. The fourth-order valence-electron chi connectivity index (χ4n) is 3.17. The van der Waals surface area contributed by atoms with Gasteiger partial charge in [-0.2, -0.15) is 0 Å². The predicted molar refractivity (Wildman–Crippen MR) is 88.6 cm³/mol. The second-order valence-corrected chi connectivity index (χ2v) is 6.34. The van der Waals surface area contributed by atoms with E-state index >= 15 is 0 Å². The van der Waals surface area contributed by atoms with Gasteiger partial charge in [-0.1, -0.05) is 29.8 Å². The molecule has 2 heterocycles. The highest BCUT2D eigenvalue weighted by molar-refractivity contribution is 6.31. The number of benzene rings is 1. The van der Waals surface area contributed by atoms with Crippen LogP contribution in [-0.2, 0) is 14.3 Å². The van der Waals surface area contributed by atoms with Crippen molar-refractivity contribution in [1.29, 1.82) is 0 Å². The Morgan fingerprint density at radius 2 is 2.09 bits per heavy atom. The van der Waals surface area contributed by atoms with Crippen molar-refractivity contribution in [3.63, 3.8) is 0 Å². The van der Waals surface area contributed by atoms with Crippen molar-refractivity contribution in [1.82, 2.24) is 10.2 Å². The van der Waals surface area contributed by atoms with E-state index in [4.69, 9.17) is 21.1 Å². The summed E-state index contributed by atoms with van der Waals surface area (Å²) < 4.78 is 10.9. The standard InChI is InChI=1S/C17H23ClN2O3/c18-14-5-2-1-4-13(14)15(20-7-10-22-11-8-20)12-19-17(21)16-6-3-9-23-16/h1-2,4-5,15-16H,3,6-12H2,(H,19,21)/t15-,16+/m0/s1. The largest absolute Gasteiger partial charge is 0.379 e. The van der Waals surface area contributed by atoms with E-state index in [-0.39, 0.29) is 18.1 Å². The third-order valence-corrected chi connectivity index (χ3v) is 4.79. The quantitative estimate of drug-likeness (QED) is 0.892. The van der Waals surface area contributed by atoms with E-state index in [2.05, 4.69) is 10.2 Å². The molecule has 3 rings (SSSR count). The molecule has 0 unspecified atom stereocenters. The first kappa shape index (κ1) is 16.7. The van der Waals surface area contributed by atoms with Crippen LogP contribution in [0.1, 0.15) is 24.4 Å². The molecule has 1 N–H and O–H groups in total. The number of hydrogen-bond acceptors (Lipinski definition) is 4. The van der Waals surface area contributed by atoms with E-state index in [1.54, 1.807) is 0 Å². The monoisotopic (exact) mass is 338 g/mol. The van der Waals surface area contributed by atoms with Gasteiger partial charge in [0.05, 0.1) is 19.3 Å². The molecule has 2 fully saturated rings. The minimum absolute atomic E-state index is 0.0205. The number of hydrogen-bond donors (Lipinski definition) is 1. The molecule has 0 bridgehead atoms. The van der Waals surface area contributed by atoms with Gasteiger partial charge in [0.1, 0.15) is 6.10 Å². The summed E-state index contributed by atoms with van der Waals surface area (Å²) in [5.74, 6) is -0.0205. The molecule has 0 radical (unpaired) electrons. The number of ether oxygens (including phenoxy) is 2. The molecular formula is C17H23ClN2O3. The van der Waals surface area contributed by atoms with Crippen molar-refractivity contribution < 1.29 is 14.3 Å². The lowest BCUT2D eigenvalue weighted by atomic mass is 10.0. The van der Waals surface area contributed by atoms with Gasteiger partial charge >= 0.3 is 0 Å². The summed E-state index contributed by atoms with van der Waals surface area (Å²) in [4.78, 5) is 14.6. The Hall–Kier alpha value is -1.14. The van der Waals surface area contributed by atoms with Crippen LogP contribution >= 0.6 is 11.6 Å². The SMILES string of the molecule is O=C(NC[C@@H](c1ccccc1Cl)N1CCOCC1)[C@H]1CCCO1. The van der Waals surface area contributed by atoms with Gasteiger partial charge in [-0.05, 0) is 24.5 Å². The maximum atomic E-state index is 12.2. The Morgan fingerprint density at radius 3 is 2.78 bits per heavy atom. The number of nitrogens with zero attached hydrogens (tertiary/aromatic N) is 1. The van der Waals surface area contributed by atoms with E-state index in [1.165, 1.54) is 0 Å². The third kappa shape index (κ3) is 4.23. The molecular weight excluding hydrogens is 316 g/mol. The average molecular weight is 339 g/mol. The Kier molecular flexibility index (Phi) is 5.89. The van der Waals surface area contributed by atoms with Crippen LogP contribution in [0.3, 0.4) is 0 Å². The van der Waals surface area contributed by atoms with Crippen LogP contribution < -0.4 is 5.32 Å². The highest BCUT2D eigenvalue weighted by Crippen LogP contribution is 2.28. The number of carbonyl (C=O) groups excluding carboxylic acids is 1. The summed E-state index contributed by atoms with van der Waals surface area (Å²) in [6.07, 6.45) is 1.46. The summed E-state index contributed by atoms with van der Waals surface area (Å²) in [7, 11) is 0. The molecule has 0 aromatic heterocycles. The summed E-state index contributed by atoms with van der Waals surface area (Å²) in [5.41, 5.74) is 1.05. The molecule has 5 nitrogen and oxygen atoms in total. The molecule has 126 valence electrons. The second-order valence-electron chi connectivity index (χ2n) is 5.93. The Labute approximate surface area is 141 Å². The molecule has 0 aliphatic carbocycles. The zero-order valence-corrected chi connectivity index (χ0v) is 13.9. The molecule has 2 saturated heterocycles. The van der Waals surface area contributed by atoms with E-state index in [0.717, 1.165) is 36.5 Å². The average Bonchev–Trinajstić information content (AvgIpc) is 3.12. The Morgan fingerprint density at radius 1 is 1.30 bits per heavy atom. The summed E-state index contributed by atoms with van der Waals surface area (Å²) >= 11 is 6.39. The van der Waals surface area contributed by atoms with Gasteiger partial charge in [0, 0.05) is 31.3 Å². The lowest BCUT2D eigenvalue weighted by molar-refractivity contribution is -0.130. The van der Waals surface area contributed by atoms with Crippen molar-refractivity contribution in [2.45, 2.75) is 25.0 Å². The van der Waals surface area contributed by atoms with E-state index < -0.39 is 0 Å². The van der Waals surface area contributed by atoms with E-state index in [0.29, 0.717) is 26.4 Å². The van der Waals surface area contributed by atoms with E-state index in [9.17, 15) is 4.79 Å². The Balaban J connectivity index is 1.69. The first-order valence-corrected chi connectivity index (χ1v) is 8.59. The maximum absolute atomic E-state index is 12.2. The molecule has 2 atom stereocenters. The lowest BCUT2D eigenvalue weighted by Crippen LogP contribution is -2.45. The van der Waals surface area contributed by atoms with Gasteiger partial charge in [0.2, 0.25) is 5.91 Å². The van der Waals surface area contributed by atoms with Crippen LogP contribution in [0.5, 0.6) is 0 Å². The van der Waals surface area contributed by atoms with Gasteiger partial charge in [0.25, 0.3) is 0 Å². The van der Waals surface area contributed by atoms with Crippen LogP contribution in [0.2, 0.25) is 5.02 Å². The number of nitrogens with one attached hydrogen (secondary N) is 1. The predicted octanol–water partition coefficient (Wildman–Crippen LogP) is 2.01. The fraction of sp³-hybridized carbons (Fsp3) is 0.588. The van der Waals surface area contributed by atoms with Crippen LogP contribution in [0.25, 0.3) is 0 Å².